The van der Waals surface area contributed by atoms with E-state index in [0.717, 1.165) is 6.42 Å². The third-order valence-corrected chi connectivity index (χ3v) is 3.69. The van der Waals surface area contributed by atoms with E-state index in [9.17, 15) is 4.79 Å². The summed E-state index contributed by atoms with van der Waals surface area (Å²) in [6.45, 7) is 5.80. The second-order valence-electron chi connectivity index (χ2n) is 5.81. The predicted octanol–water partition coefficient (Wildman–Crippen LogP) is 3.00. The summed E-state index contributed by atoms with van der Waals surface area (Å²) in [5, 5.41) is 2.75. The standard InChI is InChI=1S/C20H25N5O3/c1-5-8-15(28-11-6-2)17-13(3)23-18(19(21)25-17)20(26)22-12-14-9-7-10-16(24-14)27-4/h6-11H,5,12H2,1-4H3,(H2,21,25)(H,22,26)/b11-6-,15-8+. The van der Waals surface area contributed by atoms with Crippen molar-refractivity contribution >= 4 is 17.5 Å². The lowest BCUT2D eigenvalue weighted by molar-refractivity contribution is 0.0945. The van der Waals surface area contributed by atoms with Crippen LogP contribution in [-0.4, -0.2) is 28.0 Å². The van der Waals surface area contributed by atoms with Crippen LogP contribution in [0.2, 0.25) is 0 Å². The summed E-state index contributed by atoms with van der Waals surface area (Å²) in [5.74, 6) is 0.620. The van der Waals surface area contributed by atoms with Gasteiger partial charge in [0.25, 0.3) is 5.91 Å². The fourth-order valence-electron chi connectivity index (χ4n) is 2.38. The van der Waals surface area contributed by atoms with Gasteiger partial charge < -0.3 is 20.5 Å². The number of rotatable bonds is 8. The van der Waals surface area contributed by atoms with Crippen molar-refractivity contribution in [3.05, 3.63) is 59.4 Å². The van der Waals surface area contributed by atoms with E-state index < -0.39 is 5.91 Å². The molecule has 0 atom stereocenters. The highest BCUT2D eigenvalue weighted by atomic mass is 16.5. The Balaban J connectivity index is 2.20. The molecule has 0 aliphatic rings. The Morgan fingerprint density at radius 1 is 1.25 bits per heavy atom. The molecule has 2 rings (SSSR count). The van der Waals surface area contributed by atoms with Gasteiger partial charge in [0.05, 0.1) is 31.3 Å². The van der Waals surface area contributed by atoms with E-state index in [1.165, 1.54) is 7.11 Å². The van der Waals surface area contributed by atoms with Gasteiger partial charge in [-0.25, -0.2) is 15.0 Å². The number of anilines is 1. The number of nitrogens with two attached hydrogens (primary N) is 1. The first-order valence-electron chi connectivity index (χ1n) is 8.90. The lowest BCUT2D eigenvalue weighted by Crippen LogP contribution is -2.26. The van der Waals surface area contributed by atoms with Crippen LogP contribution in [0.4, 0.5) is 5.82 Å². The Bertz CT molecular complexity index is 893. The fraction of sp³-hybridized carbons (Fsp3) is 0.300. The Morgan fingerprint density at radius 2 is 2.04 bits per heavy atom. The molecule has 0 bridgehead atoms. The average molecular weight is 383 g/mol. The normalized spacial score (nSPS) is 11.5. The molecular formula is C20H25N5O3. The highest BCUT2D eigenvalue weighted by molar-refractivity contribution is 5.96. The number of aryl methyl sites for hydroxylation is 1. The summed E-state index contributed by atoms with van der Waals surface area (Å²) in [7, 11) is 1.53. The number of nitrogen functional groups attached to an aromatic ring is 1. The van der Waals surface area contributed by atoms with Crippen molar-refractivity contribution < 1.29 is 14.3 Å². The number of hydrogen-bond donors (Lipinski definition) is 2. The van der Waals surface area contributed by atoms with Crippen LogP contribution in [0.3, 0.4) is 0 Å². The van der Waals surface area contributed by atoms with E-state index in [2.05, 4.69) is 20.3 Å². The van der Waals surface area contributed by atoms with Gasteiger partial charge >= 0.3 is 0 Å². The number of carbonyl (C=O) groups is 1. The third kappa shape index (κ3) is 5.29. The van der Waals surface area contributed by atoms with Gasteiger partial charge in [0, 0.05) is 6.07 Å². The third-order valence-electron chi connectivity index (χ3n) is 3.69. The highest BCUT2D eigenvalue weighted by Crippen LogP contribution is 2.21. The molecule has 0 aliphatic carbocycles. The van der Waals surface area contributed by atoms with Crippen LogP contribution < -0.4 is 15.8 Å². The first-order valence-corrected chi connectivity index (χ1v) is 8.90. The zero-order chi connectivity index (χ0) is 20.5. The Hall–Kier alpha value is -3.42. The molecule has 2 aromatic rings. The van der Waals surface area contributed by atoms with E-state index in [1.54, 1.807) is 37.5 Å². The second kappa shape index (κ2) is 10.1. The zero-order valence-corrected chi connectivity index (χ0v) is 16.5. The number of amides is 1. The molecule has 3 N–H and O–H groups in total. The van der Waals surface area contributed by atoms with E-state index >= 15 is 0 Å². The number of methoxy groups -OCH3 is 1. The van der Waals surface area contributed by atoms with Crippen LogP contribution in [-0.2, 0) is 11.3 Å². The number of nitrogens with one attached hydrogen (secondary N) is 1. The van der Waals surface area contributed by atoms with Crippen molar-refractivity contribution in [1.82, 2.24) is 20.3 Å². The van der Waals surface area contributed by atoms with Crippen LogP contribution in [0.15, 0.2) is 36.6 Å². The van der Waals surface area contributed by atoms with Crippen molar-refractivity contribution in [3.63, 3.8) is 0 Å². The summed E-state index contributed by atoms with van der Waals surface area (Å²) < 4.78 is 10.7. The first-order chi connectivity index (χ1) is 13.5. The van der Waals surface area contributed by atoms with Gasteiger partial charge in [0.2, 0.25) is 5.88 Å². The van der Waals surface area contributed by atoms with E-state index in [1.807, 2.05) is 19.9 Å². The van der Waals surface area contributed by atoms with Crippen molar-refractivity contribution in [1.29, 1.82) is 0 Å². The lowest BCUT2D eigenvalue weighted by atomic mass is 10.2. The molecule has 28 heavy (non-hydrogen) atoms. The van der Waals surface area contributed by atoms with Gasteiger partial charge in [0.15, 0.2) is 11.5 Å². The molecule has 0 aromatic carbocycles. The number of hydrogen-bond acceptors (Lipinski definition) is 7. The minimum absolute atomic E-state index is 0.0304. The molecule has 2 heterocycles. The maximum absolute atomic E-state index is 12.5. The Kier molecular flexibility index (Phi) is 7.50. The van der Waals surface area contributed by atoms with Gasteiger partial charge in [-0.1, -0.05) is 19.1 Å². The molecule has 0 aliphatic heterocycles. The molecule has 0 unspecified atom stereocenters. The molecule has 8 heteroatoms. The van der Waals surface area contributed by atoms with Crippen molar-refractivity contribution in [3.8, 4) is 5.88 Å². The molecule has 8 nitrogen and oxygen atoms in total. The molecule has 1 amide bonds. The van der Waals surface area contributed by atoms with Crippen LogP contribution >= 0.6 is 0 Å². The highest BCUT2D eigenvalue weighted by Gasteiger charge is 2.18. The summed E-state index contributed by atoms with van der Waals surface area (Å²) in [4.78, 5) is 25.4. The van der Waals surface area contributed by atoms with Crippen molar-refractivity contribution in [2.45, 2.75) is 33.7 Å². The minimum Gasteiger partial charge on any atom is -0.481 e. The molecule has 0 saturated carbocycles. The van der Waals surface area contributed by atoms with Crippen LogP contribution in [0.25, 0.3) is 5.76 Å². The lowest BCUT2D eigenvalue weighted by Gasteiger charge is -2.12. The largest absolute Gasteiger partial charge is 0.481 e. The van der Waals surface area contributed by atoms with E-state index in [0.29, 0.717) is 28.7 Å². The zero-order valence-electron chi connectivity index (χ0n) is 16.5. The topological polar surface area (TPSA) is 112 Å². The number of ether oxygens (including phenoxy) is 2. The van der Waals surface area contributed by atoms with Crippen LogP contribution in [0.5, 0.6) is 5.88 Å². The van der Waals surface area contributed by atoms with Gasteiger partial charge in [0.1, 0.15) is 11.5 Å². The number of aromatic nitrogens is 3. The van der Waals surface area contributed by atoms with Gasteiger partial charge in [-0.05, 0) is 32.4 Å². The number of nitrogens with zero attached hydrogens (tertiary/aromatic N) is 3. The van der Waals surface area contributed by atoms with Gasteiger partial charge in [-0.3, -0.25) is 4.79 Å². The molecule has 0 radical (unpaired) electrons. The second-order valence-corrected chi connectivity index (χ2v) is 5.81. The quantitative estimate of drug-likeness (QED) is 0.674. The average Bonchev–Trinajstić information content (AvgIpc) is 2.71. The maximum Gasteiger partial charge on any atom is 0.274 e. The predicted molar refractivity (Wildman–Crippen MR) is 107 cm³/mol. The number of pyridine rings is 1. The molecule has 2 aromatic heterocycles. The number of allylic oxidation sites excluding steroid dienone is 2. The molecule has 0 fully saturated rings. The van der Waals surface area contributed by atoms with Crippen LogP contribution in [0.1, 0.15) is 47.8 Å². The Morgan fingerprint density at radius 3 is 2.71 bits per heavy atom. The van der Waals surface area contributed by atoms with Gasteiger partial charge in [-0.2, -0.15) is 0 Å². The van der Waals surface area contributed by atoms with Crippen molar-refractivity contribution in [2.24, 2.45) is 0 Å². The molecule has 148 valence electrons. The fourth-order valence-corrected chi connectivity index (χ4v) is 2.38. The summed E-state index contributed by atoms with van der Waals surface area (Å²) >= 11 is 0. The van der Waals surface area contributed by atoms with Crippen molar-refractivity contribution in [2.75, 3.05) is 12.8 Å². The summed E-state index contributed by atoms with van der Waals surface area (Å²) in [6, 6.07) is 5.31. The monoisotopic (exact) mass is 383 g/mol. The molecule has 0 spiro atoms. The van der Waals surface area contributed by atoms with Gasteiger partial charge in [-0.15, -0.1) is 0 Å². The number of carbonyl (C=O) groups excluding carboxylic acids is 1. The summed E-state index contributed by atoms with van der Waals surface area (Å²) in [6.07, 6.45) is 5.96. The summed E-state index contributed by atoms with van der Waals surface area (Å²) in [5.41, 5.74) is 7.76. The Labute approximate surface area is 164 Å². The SMILES string of the molecule is C/C=C\O/C(=C/CC)c1nc(N)c(C(=O)NCc2cccc(OC)n2)nc1C. The molecular weight excluding hydrogens is 358 g/mol. The maximum atomic E-state index is 12.5. The van der Waals surface area contributed by atoms with E-state index in [-0.39, 0.29) is 18.1 Å². The van der Waals surface area contributed by atoms with Crippen LogP contribution in [0, 0.1) is 6.92 Å². The smallest absolute Gasteiger partial charge is 0.274 e. The minimum atomic E-state index is -0.431. The van der Waals surface area contributed by atoms with E-state index in [4.69, 9.17) is 15.2 Å². The molecule has 0 saturated heterocycles. The first kappa shape index (κ1) is 20.9.